The van der Waals surface area contributed by atoms with Crippen LogP contribution in [0.5, 0.6) is 5.75 Å². The van der Waals surface area contributed by atoms with Gasteiger partial charge in [-0.15, -0.1) is 0 Å². The number of rotatable bonds is 7. The van der Waals surface area contributed by atoms with Crippen LogP contribution in [0.3, 0.4) is 0 Å². The van der Waals surface area contributed by atoms with Gasteiger partial charge in [0.25, 0.3) is 11.8 Å². The molecule has 4 aromatic rings. The van der Waals surface area contributed by atoms with Crippen LogP contribution in [-0.2, 0) is 13.0 Å². The van der Waals surface area contributed by atoms with Crippen molar-refractivity contribution in [3.8, 4) is 5.75 Å². The molecular formula is C27H22BrN3O3. The Morgan fingerprint density at radius 1 is 0.941 bits per heavy atom. The van der Waals surface area contributed by atoms with Gasteiger partial charge < -0.3 is 15.7 Å². The highest BCUT2D eigenvalue weighted by Crippen LogP contribution is 2.20. The Bertz CT molecular complexity index is 1400. The Balaban J connectivity index is 1.37. The highest BCUT2D eigenvalue weighted by molar-refractivity contribution is 9.10. The number of phenols is 1. The molecule has 3 N–H and O–H groups in total. The van der Waals surface area contributed by atoms with Crippen LogP contribution in [0.1, 0.15) is 32.0 Å². The number of phenolic OH excluding ortho intramolecular Hbond substituents is 1. The number of fused-ring (bicyclic) bond motifs is 1. The summed E-state index contributed by atoms with van der Waals surface area (Å²) in [5.74, 6) is -0.477. The topological polar surface area (TPSA) is 91.3 Å². The largest absolute Gasteiger partial charge is 0.508 e. The van der Waals surface area contributed by atoms with E-state index in [2.05, 4.69) is 38.1 Å². The summed E-state index contributed by atoms with van der Waals surface area (Å²) in [4.78, 5) is 29.9. The van der Waals surface area contributed by atoms with Crippen molar-refractivity contribution < 1.29 is 14.7 Å². The van der Waals surface area contributed by atoms with Crippen molar-refractivity contribution in [2.24, 2.45) is 0 Å². The van der Waals surface area contributed by atoms with Gasteiger partial charge in [0.1, 0.15) is 5.75 Å². The number of carbonyl (C=O) groups is 2. The molecule has 4 rings (SSSR count). The number of amides is 2. The summed E-state index contributed by atoms with van der Waals surface area (Å²) in [6.45, 7) is 4.23. The third kappa shape index (κ3) is 5.68. The van der Waals surface area contributed by atoms with Crippen LogP contribution in [0.25, 0.3) is 10.9 Å². The van der Waals surface area contributed by atoms with Gasteiger partial charge in [-0.05, 0) is 64.0 Å². The lowest BCUT2D eigenvalue weighted by atomic mass is 10.1. The Morgan fingerprint density at radius 3 is 2.56 bits per heavy atom. The molecule has 0 aliphatic heterocycles. The highest BCUT2D eigenvalue weighted by atomic mass is 79.9. The first-order chi connectivity index (χ1) is 16.4. The number of carbonyl (C=O) groups excluding carboxylic acids is 2. The van der Waals surface area contributed by atoms with Crippen molar-refractivity contribution in [2.45, 2.75) is 13.0 Å². The van der Waals surface area contributed by atoms with Crippen molar-refractivity contribution in [1.29, 1.82) is 0 Å². The van der Waals surface area contributed by atoms with Crippen molar-refractivity contribution in [3.05, 3.63) is 118 Å². The van der Waals surface area contributed by atoms with Crippen LogP contribution in [0, 0.1) is 0 Å². The molecule has 1 heterocycles. The minimum Gasteiger partial charge on any atom is -0.508 e. The predicted molar refractivity (Wildman–Crippen MR) is 135 cm³/mol. The second kappa shape index (κ2) is 10.3. The van der Waals surface area contributed by atoms with Crippen molar-refractivity contribution in [2.75, 3.05) is 0 Å². The second-order valence-corrected chi connectivity index (χ2v) is 8.63. The van der Waals surface area contributed by atoms with Gasteiger partial charge in [0.15, 0.2) is 0 Å². The number of hydrogen-bond donors (Lipinski definition) is 3. The third-order valence-electron chi connectivity index (χ3n) is 5.18. The highest BCUT2D eigenvalue weighted by Gasteiger charge is 2.15. The molecular weight excluding hydrogens is 494 g/mol. The van der Waals surface area contributed by atoms with Gasteiger partial charge in [-0.1, -0.05) is 43.0 Å². The van der Waals surface area contributed by atoms with E-state index in [9.17, 15) is 14.7 Å². The first-order valence-electron chi connectivity index (χ1n) is 10.6. The maximum Gasteiger partial charge on any atom is 0.256 e. The Kier molecular flexibility index (Phi) is 7.04. The molecule has 0 saturated carbocycles. The quantitative estimate of drug-likeness (QED) is 0.318. The third-order valence-corrected chi connectivity index (χ3v) is 5.84. The summed E-state index contributed by atoms with van der Waals surface area (Å²) in [5.41, 5.74) is 3.79. The molecule has 0 unspecified atom stereocenters. The van der Waals surface area contributed by atoms with Crippen molar-refractivity contribution in [1.82, 2.24) is 15.6 Å². The van der Waals surface area contributed by atoms with Crippen LogP contribution in [0.2, 0.25) is 0 Å². The SMILES string of the molecule is C=C(Cc1ccc2ccccc2n1)NC(=O)c1ccc(C(=O)NCc2cccc(O)c2)cc1Br. The fraction of sp³-hybridized carbons (Fsp3) is 0.0741. The van der Waals surface area contributed by atoms with Crippen LogP contribution >= 0.6 is 15.9 Å². The van der Waals surface area contributed by atoms with E-state index in [1.54, 1.807) is 36.4 Å². The molecule has 7 heteroatoms. The number of nitrogens with zero attached hydrogens (tertiary/aromatic N) is 1. The molecule has 6 nitrogen and oxygen atoms in total. The number of allylic oxidation sites excluding steroid dienone is 1. The van der Waals surface area contributed by atoms with Crippen LogP contribution in [0.15, 0.2) is 95.6 Å². The zero-order chi connectivity index (χ0) is 24.1. The molecule has 0 saturated heterocycles. The molecule has 2 amide bonds. The summed E-state index contributed by atoms with van der Waals surface area (Å²) in [6, 6.07) is 23.2. The maximum atomic E-state index is 12.8. The molecule has 0 fully saturated rings. The number of pyridine rings is 1. The lowest BCUT2D eigenvalue weighted by molar-refractivity contribution is 0.0943. The van der Waals surface area contributed by atoms with E-state index in [-0.39, 0.29) is 24.1 Å². The number of halogens is 1. The zero-order valence-electron chi connectivity index (χ0n) is 18.2. The number of aromatic nitrogens is 1. The number of benzene rings is 3. The first-order valence-corrected chi connectivity index (χ1v) is 11.4. The standard InChI is InChI=1S/C27H22BrN3O3/c1-17(13-21-11-9-19-6-2-3-8-25(19)31-21)30-27(34)23-12-10-20(15-24(23)28)26(33)29-16-18-5-4-7-22(32)14-18/h2-12,14-15,32H,1,13,16H2,(H,29,33)(H,30,34). The Morgan fingerprint density at radius 2 is 1.76 bits per heavy atom. The van der Waals surface area contributed by atoms with E-state index >= 15 is 0 Å². The number of hydrogen-bond acceptors (Lipinski definition) is 4. The van der Waals surface area contributed by atoms with E-state index in [0.29, 0.717) is 27.7 Å². The van der Waals surface area contributed by atoms with Gasteiger partial charge in [-0.2, -0.15) is 0 Å². The summed E-state index contributed by atoms with van der Waals surface area (Å²) < 4.78 is 0.492. The molecule has 3 aromatic carbocycles. The van der Waals surface area contributed by atoms with Gasteiger partial charge in [0.05, 0.1) is 11.1 Å². The van der Waals surface area contributed by atoms with Gasteiger partial charge >= 0.3 is 0 Å². The fourth-order valence-corrected chi connectivity index (χ4v) is 4.05. The van der Waals surface area contributed by atoms with Gasteiger partial charge in [0.2, 0.25) is 0 Å². The summed E-state index contributed by atoms with van der Waals surface area (Å²) in [5, 5.41) is 16.2. The molecule has 0 atom stereocenters. The van der Waals surface area contributed by atoms with Crippen LogP contribution in [0.4, 0.5) is 0 Å². The van der Waals surface area contributed by atoms with E-state index in [0.717, 1.165) is 22.2 Å². The molecule has 0 aliphatic rings. The lowest BCUT2D eigenvalue weighted by Gasteiger charge is -2.11. The minimum atomic E-state index is -0.329. The maximum absolute atomic E-state index is 12.8. The fourth-order valence-electron chi connectivity index (χ4n) is 3.49. The Labute approximate surface area is 205 Å². The Hall–Kier alpha value is -3.97. The zero-order valence-corrected chi connectivity index (χ0v) is 19.8. The van der Waals surface area contributed by atoms with Crippen LogP contribution in [-0.4, -0.2) is 21.9 Å². The molecule has 0 spiro atoms. The van der Waals surface area contributed by atoms with E-state index in [4.69, 9.17) is 0 Å². The van der Waals surface area contributed by atoms with Crippen LogP contribution < -0.4 is 10.6 Å². The lowest BCUT2D eigenvalue weighted by Crippen LogP contribution is -2.25. The van der Waals surface area contributed by atoms with Crippen molar-refractivity contribution in [3.63, 3.8) is 0 Å². The van der Waals surface area contributed by atoms with E-state index in [1.807, 2.05) is 42.5 Å². The average molecular weight is 516 g/mol. The average Bonchev–Trinajstić information content (AvgIpc) is 2.82. The molecule has 34 heavy (non-hydrogen) atoms. The monoisotopic (exact) mass is 515 g/mol. The van der Waals surface area contributed by atoms with E-state index < -0.39 is 0 Å². The van der Waals surface area contributed by atoms with Gasteiger partial charge in [0, 0.05) is 39.8 Å². The van der Waals surface area contributed by atoms with E-state index in [1.165, 1.54) is 0 Å². The summed E-state index contributed by atoms with van der Waals surface area (Å²) in [7, 11) is 0. The number of para-hydroxylation sites is 1. The van der Waals surface area contributed by atoms with Crippen molar-refractivity contribution >= 4 is 38.6 Å². The summed E-state index contributed by atoms with van der Waals surface area (Å²) in [6.07, 6.45) is 0.406. The molecule has 170 valence electrons. The summed E-state index contributed by atoms with van der Waals surface area (Å²) >= 11 is 3.39. The number of nitrogens with one attached hydrogen (secondary N) is 2. The second-order valence-electron chi connectivity index (χ2n) is 7.78. The minimum absolute atomic E-state index is 0.142. The molecule has 0 bridgehead atoms. The molecule has 0 radical (unpaired) electrons. The molecule has 0 aliphatic carbocycles. The van der Waals surface area contributed by atoms with Gasteiger partial charge in [-0.25, -0.2) is 0 Å². The number of aromatic hydroxyl groups is 1. The molecule has 1 aromatic heterocycles. The normalized spacial score (nSPS) is 10.6. The van der Waals surface area contributed by atoms with Gasteiger partial charge in [-0.3, -0.25) is 14.6 Å². The first kappa shape index (κ1) is 23.2. The predicted octanol–water partition coefficient (Wildman–Crippen LogP) is 5.12. The smallest absolute Gasteiger partial charge is 0.256 e.